The number of hydrogen-bond donors (Lipinski definition) is 3. The van der Waals surface area contributed by atoms with Crippen LogP contribution >= 0.6 is 11.6 Å². The Morgan fingerprint density at radius 2 is 1.84 bits per heavy atom. The van der Waals surface area contributed by atoms with E-state index in [9.17, 15) is 20.1 Å². The minimum atomic E-state index is -0.698. The van der Waals surface area contributed by atoms with Crippen LogP contribution in [-0.4, -0.2) is 51.0 Å². The predicted molar refractivity (Wildman–Crippen MR) is 143 cm³/mol. The van der Waals surface area contributed by atoms with Crippen molar-refractivity contribution in [2.24, 2.45) is 11.8 Å². The summed E-state index contributed by atoms with van der Waals surface area (Å²) in [5.74, 6) is 0.573. The summed E-state index contributed by atoms with van der Waals surface area (Å²) in [4.78, 5) is 13.8. The quantitative estimate of drug-likeness (QED) is 0.305. The van der Waals surface area contributed by atoms with Crippen LogP contribution in [-0.2, 0) is 24.3 Å². The van der Waals surface area contributed by atoms with E-state index in [0.29, 0.717) is 36.8 Å². The number of rotatable bonds is 11. The molecule has 2 aromatic carbocycles. The molecular weight excluding hydrogens is 508 g/mol. The summed E-state index contributed by atoms with van der Waals surface area (Å²) < 4.78 is 12.9. The highest BCUT2D eigenvalue weighted by atomic mass is 35.5. The molecule has 9 heteroatoms. The molecule has 3 N–H and O–H groups in total. The zero-order chi connectivity index (χ0) is 26.8. The molecule has 5 rings (SSSR count). The van der Waals surface area contributed by atoms with Crippen LogP contribution in [0.4, 0.5) is 0 Å². The fourth-order valence-electron chi connectivity index (χ4n) is 5.75. The van der Waals surface area contributed by atoms with Crippen molar-refractivity contribution in [2.45, 2.75) is 44.8 Å². The first-order valence-corrected chi connectivity index (χ1v) is 13.3. The van der Waals surface area contributed by atoms with Gasteiger partial charge < -0.3 is 24.8 Å². The molecule has 38 heavy (non-hydrogen) atoms. The zero-order valence-corrected chi connectivity index (χ0v) is 22.1. The zero-order valence-electron chi connectivity index (χ0n) is 21.3. The Kier molecular flexibility index (Phi) is 7.72. The molecule has 0 saturated heterocycles. The molecule has 3 aromatic rings. The van der Waals surface area contributed by atoms with Crippen LogP contribution in [0.25, 0.3) is 0 Å². The summed E-state index contributed by atoms with van der Waals surface area (Å²) in [6.45, 7) is 2.06. The van der Waals surface area contributed by atoms with Crippen molar-refractivity contribution in [2.75, 3.05) is 20.3 Å². The third kappa shape index (κ3) is 5.56. The average Bonchev–Trinajstić information content (AvgIpc) is 3.43. The van der Waals surface area contributed by atoms with Gasteiger partial charge in [0.15, 0.2) is 23.3 Å². The first kappa shape index (κ1) is 26.3. The SMILES string of the molecule is COc1cc(CN(CC2CC(C(=O)O)C2)C2CCc3cc(Cl)ccc32)ccc1OCCn1c(O)ccc1O. The molecule has 2 aliphatic carbocycles. The average molecular weight is 541 g/mol. The lowest BCUT2D eigenvalue weighted by Gasteiger charge is -2.39. The number of carboxylic acid groups (broad SMARTS) is 1. The molecule has 2 aliphatic rings. The van der Waals surface area contributed by atoms with E-state index in [-0.39, 0.29) is 36.9 Å². The Hall–Kier alpha value is -3.36. The number of aliphatic carboxylic acids is 1. The van der Waals surface area contributed by atoms with Crippen LogP contribution in [0.15, 0.2) is 48.5 Å². The van der Waals surface area contributed by atoms with Gasteiger partial charge in [0.05, 0.1) is 19.6 Å². The van der Waals surface area contributed by atoms with Gasteiger partial charge in [-0.2, -0.15) is 0 Å². The van der Waals surface area contributed by atoms with E-state index in [2.05, 4.69) is 17.0 Å². The van der Waals surface area contributed by atoms with Gasteiger partial charge in [-0.05, 0) is 72.6 Å². The van der Waals surface area contributed by atoms with Gasteiger partial charge in [-0.25, -0.2) is 0 Å². The second kappa shape index (κ2) is 11.2. The van der Waals surface area contributed by atoms with E-state index in [1.807, 2.05) is 24.3 Å². The molecule has 0 bridgehead atoms. The van der Waals surface area contributed by atoms with Crippen molar-refractivity contribution in [1.82, 2.24) is 9.47 Å². The third-order valence-electron chi connectivity index (χ3n) is 7.79. The number of hydrogen-bond acceptors (Lipinski definition) is 6. The van der Waals surface area contributed by atoms with Crippen LogP contribution in [0.5, 0.6) is 23.3 Å². The van der Waals surface area contributed by atoms with Gasteiger partial charge in [-0.3, -0.25) is 14.3 Å². The molecule has 0 radical (unpaired) electrons. The van der Waals surface area contributed by atoms with E-state index in [4.69, 9.17) is 21.1 Å². The highest BCUT2D eigenvalue weighted by molar-refractivity contribution is 6.30. The number of aryl methyl sites for hydroxylation is 1. The molecule has 8 nitrogen and oxygen atoms in total. The molecular formula is C29H33ClN2O6. The van der Waals surface area contributed by atoms with E-state index in [1.54, 1.807) is 7.11 Å². The first-order chi connectivity index (χ1) is 18.3. The third-order valence-corrected chi connectivity index (χ3v) is 8.03. The fraction of sp³-hybridized carbons (Fsp3) is 0.414. The van der Waals surface area contributed by atoms with Gasteiger partial charge in [0.2, 0.25) is 0 Å². The highest BCUT2D eigenvalue weighted by Gasteiger charge is 2.37. The number of fused-ring (bicyclic) bond motifs is 1. The lowest BCUT2D eigenvalue weighted by molar-refractivity contribution is -0.146. The van der Waals surface area contributed by atoms with Gasteiger partial charge in [-0.15, -0.1) is 0 Å². The normalized spacial score (nSPS) is 20.2. The number of nitrogens with zero attached hydrogens (tertiary/aromatic N) is 2. The second-order valence-electron chi connectivity index (χ2n) is 10.2. The summed E-state index contributed by atoms with van der Waals surface area (Å²) in [6, 6.07) is 15.1. The van der Waals surface area contributed by atoms with Crippen LogP contribution in [0, 0.1) is 11.8 Å². The van der Waals surface area contributed by atoms with Gasteiger partial charge in [0, 0.05) is 36.3 Å². The fourth-order valence-corrected chi connectivity index (χ4v) is 5.94. The monoisotopic (exact) mass is 540 g/mol. The number of aromatic nitrogens is 1. The number of ether oxygens (including phenoxy) is 2. The lowest BCUT2D eigenvalue weighted by atomic mass is 9.74. The summed E-state index contributed by atoms with van der Waals surface area (Å²) >= 11 is 6.25. The summed E-state index contributed by atoms with van der Waals surface area (Å²) in [5.41, 5.74) is 3.66. The molecule has 1 fully saturated rings. The van der Waals surface area contributed by atoms with E-state index in [1.165, 1.54) is 27.8 Å². The number of methoxy groups -OCH3 is 1. The molecule has 0 amide bonds. The van der Waals surface area contributed by atoms with Gasteiger partial charge in [0.25, 0.3) is 0 Å². The Labute approximate surface area is 227 Å². The lowest BCUT2D eigenvalue weighted by Crippen LogP contribution is -2.40. The van der Waals surface area contributed by atoms with Crippen molar-refractivity contribution in [3.63, 3.8) is 0 Å². The smallest absolute Gasteiger partial charge is 0.306 e. The molecule has 1 aromatic heterocycles. The molecule has 1 heterocycles. The number of aromatic hydroxyl groups is 2. The van der Waals surface area contributed by atoms with Gasteiger partial charge >= 0.3 is 5.97 Å². The summed E-state index contributed by atoms with van der Waals surface area (Å²) in [6.07, 6.45) is 3.41. The Morgan fingerprint density at radius 1 is 1.08 bits per heavy atom. The van der Waals surface area contributed by atoms with Crippen LogP contribution in [0.1, 0.15) is 42.0 Å². The highest BCUT2D eigenvalue weighted by Crippen LogP contribution is 2.42. The maximum Gasteiger partial charge on any atom is 0.306 e. The predicted octanol–water partition coefficient (Wildman–Crippen LogP) is 5.24. The standard InChI is InChI=1S/C29H33ClN2O6/c1-37-26-14-18(2-7-25(26)38-11-10-32-27(33)8-9-28(32)34)16-31(17-19-12-21(13-19)29(35)36)24-6-3-20-15-22(30)4-5-23(20)24/h2,4-5,7-9,14-15,19,21,24,33-34H,3,6,10-13,16-17H2,1H3,(H,35,36). The van der Waals surface area contributed by atoms with Crippen molar-refractivity contribution < 1.29 is 29.6 Å². The molecule has 0 spiro atoms. The van der Waals surface area contributed by atoms with Crippen LogP contribution < -0.4 is 9.47 Å². The summed E-state index contributed by atoms with van der Waals surface area (Å²) in [5, 5.41) is 29.7. The van der Waals surface area contributed by atoms with Crippen molar-refractivity contribution >= 4 is 17.6 Å². The Balaban J connectivity index is 1.30. The maximum atomic E-state index is 11.4. The Morgan fingerprint density at radius 3 is 2.55 bits per heavy atom. The molecule has 0 aliphatic heterocycles. The van der Waals surface area contributed by atoms with Crippen molar-refractivity contribution in [3.05, 3.63) is 70.2 Å². The minimum Gasteiger partial charge on any atom is -0.494 e. The van der Waals surface area contributed by atoms with Gasteiger partial charge in [-0.1, -0.05) is 23.7 Å². The number of benzene rings is 2. The van der Waals surface area contributed by atoms with E-state index >= 15 is 0 Å². The first-order valence-electron chi connectivity index (χ1n) is 12.9. The van der Waals surface area contributed by atoms with E-state index < -0.39 is 5.97 Å². The van der Waals surface area contributed by atoms with Crippen LogP contribution in [0.2, 0.25) is 5.02 Å². The van der Waals surface area contributed by atoms with Crippen molar-refractivity contribution in [1.29, 1.82) is 0 Å². The molecule has 1 unspecified atom stereocenters. The number of halogens is 1. The maximum absolute atomic E-state index is 11.4. The van der Waals surface area contributed by atoms with Crippen LogP contribution in [0.3, 0.4) is 0 Å². The molecule has 202 valence electrons. The topological polar surface area (TPSA) is 104 Å². The second-order valence-corrected chi connectivity index (χ2v) is 10.7. The van der Waals surface area contributed by atoms with Crippen molar-refractivity contribution in [3.8, 4) is 23.3 Å². The largest absolute Gasteiger partial charge is 0.494 e. The number of carboxylic acids is 1. The molecule has 1 atom stereocenters. The minimum absolute atomic E-state index is 0.0228. The van der Waals surface area contributed by atoms with Gasteiger partial charge in [0.1, 0.15) is 6.61 Å². The Bertz CT molecular complexity index is 1280. The van der Waals surface area contributed by atoms with E-state index in [0.717, 1.165) is 30.0 Å². The summed E-state index contributed by atoms with van der Waals surface area (Å²) in [7, 11) is 1.60. The number of carbonyl (C=O) groups is 1. The molecule has 1 saturated carbocycles.